The number of rotatable bonds is 3. The normalized spacial score (nSPS) is 12.0. The van der Waals surface area contributed by atoms with E-state index in [-0.39, 0.29) is 5.56 Å². The minimum atomic E-state index is -0.118. The van der Waals surface area contributed by atoms with Crippen molar-refractivity contribution in [3.63, 3.8) is 0 Å². The Morgan fingerprint density at radius 3 is 2.76 bits per heavy atom. The molecule has 0 N–H and O–H groups in total. The van der Waals surface area contributed by atoms with Crippen molar-refractivity contribution >= 4 is 22.4 Å². The summed E-state index contributed by atoms with van der Waals surface area (Å²) in [5.41, 5.74) is 2.73. The van der Waals surface area contributed by atoms with Gasteiger partial charge in [0.15, 0.2) is 5.82 Å². The lowest BCUT2D eigenvalue weighted by atomic mass is 10.1. The van der Waals surface area contributed by atoms with E-state index < -0.39 is 0 Å². The maximum atomic E-state index is 12.9. The van der Waals surface area contributed by atoms with Gasteiger partial charge in [0.2, 0.25) is 4.96 Å². The van der Waals surface area contributed by atoms with Gasteiger partial charge >= 0.3 is 0 Å². The smallest absolute Gasteiger partial charge is 0.276 e. The summed E-state index contributed by atoms with van der Waals surface area (Å²) in [6, 6.07) is 15.5. The van der Waals surface area contributed by atoms with Gasteiger partial charge < -0.3 is 4.74 Å². The third-order valence-corrected chi connectivity index (χ3v) is 4.91. The lowest BCUT2D eigenvalue weighted by Gasteiger charge is -2.02. The molecular weight excluding hydrogens is 334 g/mol. The van der Waals surface area contributed by atoms with Crippen molar-refractivity contribution in [1.82, 2.24) is 14.6 Å². The van der Waals surface area contributed by atoms with E-state index in [1.54, 1.807) is 11.5 Å². The zero-order valence-electron chi connectivity index (χ0n) is 13.8. The summed E-state index contributed by atoms with van der Waals surface area (Å²) < 4.78 is 7.53. The van der Waals surface area contributed by atoms with E-state index in [0.29, 0.717) is 15.3 Å². The number of para-hydroxylation sites is 1. The van der Waals surface area contributed by atoms with Crippen LogP contribution < -0.4 is 14.8 Å². The van der Waals surface area contributed by atoms with Crippen molar-refractivity contribution in [2.24, 2.45) is 0 Å². The van der Waals surface area contributed by atoms with Crippen LogP contribution in [0.3, 0.4) is 0 Å². The number of fused-ring (bicyclic) bond motifs is 1. The first-order valence-electron chi connectivity index (χ1n) is 7.77. The molecule has 0 amide bonds. The Morgan fingerprint density at radius 2 is 1.96 bits per heavy atom. The molecule has 2 aromatic heterocycles. The molecule has 0 aliphatic rings. The Bertz CT molecular complexity index is 1180. The fraction of sp³-hybridized carbons (Fsp3) is 0.105. The van der Waals surface area contributed by atoms with Gasteiger partial charge in [-0.25, -0.2) is 4.40 Å². The molecule has 4 aromatic rings. The molecule has 6 heteroatoms. The van der Waals surface area contributed by atoms with E-state index in [0.717, 1.165) is 22.4 Å². The first kappa shape index (κ1) is 15.5. The number of methoxy groups -OCH3 is 1. The molecule has 0 saturated heterocycles. The molecule has 124 valence electrons. The largest absolute Gasteiger partial charge is 0.496 e. The van der Waals surface area contributed by atoms with Crippen LogP contribution in [-0.2, 0) is 0 Å². The molecule has 5 nitrogen and oxygen atoms in total. The molecule has 4 rings (SSSR count). The molecule has 0 bridgehead atoms. The Labute approximate surface area is 147 Å². The maximum Gasteiger partial charge on any atom is 0.276 e. The molecule has 0 unspecified atom stereocenters. The number of aromatic nitrogens is 3. The second-order valence-corrected chi connectivity index (χ2v) is 6.68. The van der Waals surface area contributed by atoms with Crippen LogP contribution in [0.2, 0.25) is 0 Å². The number of ether oxygens (including phenoxy) is 1. The SMILES string of the molecule is COc1ccccc1C=c1sc2nnc(-c3cccc(C)c3)n2c1=O. The Morgan fingerprint density at radius 1 is 1.12 bits per heavy atom. The third-order valence-electron chi connectivity index (χ3n) is 3.95. The number of benzene rings is 2. The molecule has 0 atom stereocenters. The zero-order chi connectivity index (χ0) is 17.4. The number of nitrogens with zero attached hydrogens (tertiary/aromatic N) is 3. The predicted octanol–water partition coefficient (Wildman–Crippen LogP) is 2.68. The minimum absolute atomic E-state index is 0.118. The topological polar surface area (TPSA) is 56.5 Å². The quantitative estimate of drug-likeness (QED) is 0.571. The number of thiazole rings is 1. The van der Waals surface area contributed by atoms with Gasteiger partial charge in [-0.3, -0.25) is 4.79 Å². The van der Waals surface area contributed by atoms with E-state index in [1.807, 2.05) is 61.5 Å². The fourth-order valence-corrected chi connectivity index (χ4v) is 3.66. The molecule has 0 saturated carbocycles. The summed E-state index contributed by atoms with van der Waals surface area (Å²) in [6.07, 6.45) is 1.83. The van der Waals surface area contributed by atoms with Gasteiger partial charge in [-0.05, 0) is 25.1 Å². The molecule has 0 spiro atoms. The summed E-state index contributed by atoms with van der Waals surface area (Å²) in [7, 11) is 1.62. The molecule has 25 heavy (non-hydrogen) atoms. The van der Waals surface area contributed by atoms with Crippen LogP contribution >= 0.6 is 11.3 Å². The standard InChI is InChI=1S/C19H15N3O2S/c1-12-6-5-8-14(10-12)17-20-21-19-22(17)18(23)16(25-19)11-13-7-3-4-9-15(13)24-2/h3-11H,1-2H3. The van der Waals surface area contributed by atoms with Gasteiger partial charge in [-0.1, -0.05) is 53.3 Å². The van der Waals surface area contributed by atoms with Gasteiger partial charge in [0.05, 0.1) is 11.6 Å². The average molecular weight is 349 g/mol. The minimum Gasteiger partial charge on any atom is -0.496 e. The van der Waals surface area contributed by atoms with E-state index in [4.69, 9.17) is 4.74 Å². The highest BCUT2D eigenvalue weighted by Crippen LogP contribution is 2.20. The summed E-state index contributed by atoms with van der Waals surface area (Å²) in [4.78, 5) is 13.5. The summed E-state index contributed by atoms with van der Waals surface area (Å²) in [5, 5.41) is 8.36. The van der Waals surface area contributed by atoms with Gasteiger partial charge in [0.25, 0.3) is 5.56 Å². The van der Waals surface area contributed by atoms with Crippen LogP contribution in [0.25, 0.3) is 22.4 Å². The van der Waals surface area contributed by atoms with Crippen molar-refractivity contribution in [3.8, 4) is 17.1 Å². The Hall–Kier alpha value is -2.99. The lowest BCUT2D eigenvalue weighted by molar-refractivity contribution is 0.414. The van der Waals surface area contributed by atoms with Gasteiger partial charge in [0, 0.05) is 11.1 Å². The van der Waals surface area contributed by atoms with Crippen molar-refractivity contribution in [1.29, 1.82) is 0 Å². The van der Waals surface area contributed by atoms with Crippen molar-refractivity contribution in [2.45, 2.75) is 6.92 Å². The van der Waals surface area contributed by atoms with Crippen LogP contribution in [0.5, 0.6) is 5.75 Å². The number of hydrogen-bond acceptors (Lipinski definition) is 5. The molecule has 2 heterocycles. The third kappa shape index (κ3) is 2.70. The summed E-state index contributed by atoms with van der Waals surface area (Å²) in [5.74, 6) is 1.30. The predicted molar refractivity (Wildman–Crippen MR) is 99.1 cm³/mol. The maximum absolute atomic E-state index is 12.9. The van der Waals surface area contributed by atoms with E-state index in [2.05, 4.69) is 10.2 Å². The molecule has 0 aliphatic carbocycles. The highest BCUT2D eigenvalue weighted by atomic mass is 32.1. The summed E-state index contributed by atoms with van der Waals surface area (Å²) >= 11 is 1.32. The van der Waals surface area contributed by atoms with Crippen LogP contribution in [-0.4, -0.2) is 21.7 Å². The summed E-state index contributed by atoms with van der Waals surface area (Å²) in [6.45, 7) is 2.01. The highest BCUT2D eigenvalue weighted by Gasteiger charge is 2.14. The monoisotopic (exact) mass is 349 g/mol. The first-order valence-corrected chi connectivity index (χ1v) is 8.59. The number of hydrogen-bond donors (Lipinski definition) is 0. The second kappa shape index (κ2) is 6.14. The van der Waals surface area contributed by atoms with Crippen molar-refractivity contribution < 1.29 is 4.74 Å². The van der Waals surface area contributed by atoms with Crippen LogP contribution in [0.15, 0.2) is 53.3 Å². The molecule has 2 aromatic carbocycles. The average Bonchev–Trinajstić information content (AvgIpc) is 3.16. The van der Waals surface area contributed by atoms with Gasteiger partial charge in [-0.15, -0.1) is 10.2 Å². The molecule has 0 aliphatic heterocycles. The van der Waals surface area contributed by atoms with Crippen LogP contribution in [0, 0.1) is 6.92 Å². The Kier molecular flexibility index (Phi) is 3.82. The van der Waals surface area contributed by atoms with Gasteiger partial charge in [0.1, 0.15) is 5.75 Å². The molecule has 0 radical (unpaired) electrons. The molecular formula is C19H15N3O2S. The first-order chi connectivity index (χ1) is 12.2. The fourth-order valence-electron chi connectivity index (χ4n) is 2.76. The lowest BCUT2D eigenvalue weighted by Crippen LogP contribution is -2.23. The zero-order valence-corrected chi connectivity index (χ0v) is 14.6. The van der Waals surface area contributed by atoms with Crippen LogP contribution in [0.1, 0.15) is 11.1 Å². The van der Waals surface area contributed by atoms with E-state index in [1.165, 1.54) is 11.3 Å². The highest BCUT2D eigenvalue weighted by molar-refractivity contribution is 7.15. The van der Waals surface area contributed by atoms with Gasteiger partial charge in [-0.2, -0.15) is 0 Å². The molecule has 0 fully saturated rings. The second-order valence-electron chi connectivity index (χ2n) is 5.67. The Balaban J connectivity index is 1.93. The van der Waals surface area contributed by atoms with Crippen molar-refractivity contribution in [2.75, 3.05) is 7.11 Å². The number of aryl methyl sites for hydroxylation is 1. The van der Waals surface area contributed by atoms with E-state index in [9.17, 15) is 4.79 Å². The van der Waals surface area contributed by atoms with Crippen molar-refractivity contribution in [3.05, 3.63) is 74.5 Å². The van der Waals surface area contributed by atoms with Crippen LogP contribution in [0.4, 0.5) is 0 Å². The van der Waals surface area contributed by atoms with E-state index >= 15 is 0 Å².